The van der Waals surface area contributed by atoms with Crippen LogP contribution in [0.4, 0.5) is 0 Å². The first-order valence-electron chi connectivity index (χ1n) is 6.36. The molecule has 2 atom stereocenters. The number of fused-ring (bicyclic) bond motifs is 1. The van der Waals surface area contributed by atoms with Crippen LogP contribution in [0.2, 0.25) is 0 Å². The maximum absolute atomic E-state index is 12.2. The first-order chi connectivity index (χ1) is 9.10. The second-order valence-electron chi connectivity index (χ2n) is 5.06. The van der Waals surface area contributed by atoms with Crippen molar-refractivity contribution in [3.8, 4) is 0 Å². The van der Waals surface area contributed by atoms with Crippen LogP contribution < -0.4 is 5.32 Å². The maximum atomic E-state index is 12.2. The summed E-state index contributed by atoms with van der Waals surface area (Å²) in [6, 6.07) is 3.25. The lowest BCUT2D eigenvalue weighted by molar-refractivity contribution is -0.138. The number of rotatable bonds is 3. The zero-order valence-electron chi connectivity index (χ0n) is 10.7. The van der Waals surface area contributed by atoms with E-state index in [2.05, 4.69) is 5.32 Å². The van der Waals surface area contributed by atoms with Gasteiger partial charge < -0.3 is 14.6 Å². The predicted octanol–water partition coefficient (Wildman–Crippen LogP) is 1.35. The van der Waals surface area contributed by atoms with Gasteiger partial charge in [0.1, 0.15) is 11.8 Å². The summed E-state index contributed by atoms with van der Waals surface area (Å²) in [4.78, 5) is 25.7. The molecular formula is C13H16N2O3S. The average Bonchev–Trinajstić information content (AvgIpc) is 3.06. The molecule has 6 heteroatoms. The van der Waals surface area contributed by atoms with Crippen LogP contribution in [0.1, 0.15) is 25.5 Å². The van der Waals surface area contributed by atoms with E-state index in [0.717, 1.165) is 12.2 Å². The number of nitrogens with zero attached hydrogens (tertiary/aromatic N) is 1. The van der Waals surface area contributed by atoms with Crippen LogP contribution in [-0.2, 0) is 16.1 Å². The van der Waals surface area contributed by atoms with Crippen LogP contribution in [0.5, 0.6) is 0 Å². The number of hydrogen-bond acceptors (Lipinski definition) is 4. The van der Waals surface area contributed by atoms with Gasteiger partial charge in [-0.05, 0) is 25.5 Å². The van der Waals surface area contributed by atoms with Crippen LogP contribution in [-0.4, -0.2) is 33.4 Å². The van der Waals surface area contributed by atoms with Crippen molar-refractivity contribution in [3.05, 3.63) is 24.2 Å². The van der Waals surface area contributed by atoms with Gasteiger partial charge in [0.25, 0.3) is 0 Å². The van der Waals surface area contributed by atoms with Crippen molar-refractivity contribution in [2.75, 3.05) is 5.75 Å². The van der Waals surface area contributed by atoms with Gasteiger partial charge in [-0.2, -0.15) is 0 Å². The molecule has 2 saturated heterocycles. The fourth-order valence-electron chi connectivity index (χ4n) is 2.72. The molecule has 2 aliphatic heterocycles. The minimum absolute atomic E-state index is 0.0886. The zero-order chi connectivity index (χ0) is 13.5. The Morgan fingerprint density at radius 2 is 2.53 bits per heavy atom. The third-order valence-electron chi connectivity index (χ3n) is 3.76. The normalized spacial score (nSPS) is 29.6. The van der Waals surface area contributed by atoms with E-state index >= 15 is 0 Å². The Labute approximate surface area is 115 Å². The Kier molecular flexibility index (Phi) is 3.05. The topological polar surface area (TPSA) is 62.6 Å². The zero-order valence-corrected chi connectivity index (χ0v) is 11.5. The highest BCUT2D eigenvalue weighted by Gasteiger charge is 2.52. The van der Waals surface area contributed by atoms with Crippen molar-refractivity contribution in [1.29, 1.82) is 0 Å². The molecule has 5 nitrogen and oxygen atoms in total. The lowest BCUT2D eigenvalue weighted by Crippen LogP contribution is -2.49. The van der Waals surface area contributed by atoms with E-state index in [0.29, 0.717) is 18.7 Å². The highest BCUT2D eigenvalue weighted by atomic mass is 32.2. The molecule has 1 N–H and O–H groups in total. The molecule has 0 saturated carbocycles. The smallest absolute Gasteiger partial charge is 0.244 e. The van der Waals surface area contributed by atoms with Gasteiger partial charge in [0.05, 0.1) is 17.7 Å². The molecule has 1 aromatic heterocycles. The summed E-state index contributed by atoms with van der Waals surface area (Å²) >= 11 is 1.70. The molecule has 3 rings (SSSR count). The van der Waals surface area contributed by atoms with E-state index in [1.54, 1.807) is 29.0 Å². The summed E-state index contributed by atoms with van der Waals surface area (Å²) in [6.07, 6.45) is 2.96. The van der Waals surface area contributed by atoms with Crippen molar-refractivity contribution in [2.45, 2.75) is 37.2 Å². The fourth-order valence-corrected chi connectivity index (χ4v) is 4.15. The van der Waals surface area contributed by atoms with E-state index < -0.39 is 0 Å². The summed E-state index contributed by atoms with van der Waals surface area (Å²) in [7, 11) is 0. The predicted molar refractivity (Wildman–Crippen MR) is 71.3 cm³/mol. The van der Waals surface area contributed by atoms with Crippen LogP contribution in [0.25, 0.3) is 0 Å². The number of thioether (sulfide) groups is 1. The molecule has 2 amide bonds. The second-order valence-corrected chi connectivity index (χ2v) is 6.56. The standard InChI is InChI=1S/C13H16N2O3S/c1-13-5-4-11(16)15(13)10(8-19-13)12(17)14-7-9-3-2-6-18-9/h2-3,6,10H,4-5,7-8H2,1H3,(H,14,17). The van der Waals surface area contributed by atoms with E-state index in [9.17, 15) is 9.59 Å². The number of nitrogens with one attached hydrogen (secondary N) is 1. The van der Waals surface area contributed by atoms with Crippen molar-refractivity contribution in [3.63, 3.8) is 0 Å². The highest BCUT2D eigenvalue weighted by molar-refractivity contribution is 8.01. The Morgan fingerprint density at radius 1 is 1.68 bits per heavy atom. The van der Waals surface area contributed by atoms with E-state index in [1.165, 1.54) is 0 Å². The van der Waals surface area contributed by atoms with Gasteiger partial charge in [0, 0.05) is 12.2 Å². The number of carbonyl (C=O) groups is 2. The molecule has 19 heavy (non-hydrogen) atoms. The molecule has 2 unspecified atom stereocenters. The van der Waals surface area contributed by atoms with Gasteiger partial charge in [0.2, 0.25) is 11.8 Å². The van der Waals surface area contributed by atoms with Crippen LogP contribution in [0.3, 0.4) is 0 Å². The van der Waals surface area contributed by atoms with Gasteiger partial charge in [-0.3, -0.25) is 9.59 Å². The molecule has 102 valence electrons. The molecule has 0 aromatic carbocycles. The monoisotopic (exact) mass is 280 g/mol. The lowest BCUT2D eigenvalue weighted by Gasteiger charge is -2.29. The molecule has 0 bridgehead atoms. The van der Waals surface area contributed by atoms with E-state index in [-0.39, 0.29) is 22.7 Å². The van der Waals surface area contributed by atoms with E-state index in [1.807, 2.05) is 13.0 Å². The molecule has 1 aromatic rings. The van der Waals surface area contributed by atoms with Crippen molar-refractivity contribution >= 4 is 23.6 Å². The highest BCUT2D eigenvalue weighted by Crippen LogP contribution is 2.47. The molecule has 0 aliphatic carbocycles. The van der Waals surface area contributed by atoms with Gasteiger partial charge in [-0.15, -0.1) is 11.8 Å². The van der Waals surface area contributed by atoms with Crippen LogP contribution in [0, 0.1) is 0 Å². The Bertz CT molecular complexity index is 502. The Balaban J connectivity index is 1.66. The van der Waals surface area contributed by atoms with Crippen molar-refractivity contribution < 1.29 is 14.0 Å². The van der Waals surface area contributed by atoms with Crippen LogP contribution in [0.15, 0.2) is 22.8 Å². The van der Waals surface area contributed by atoms with Crippen molar-refractivity contribution in [2.24, 2.45) is 0 Å². The first-order valence-corrected chi connectivity index (χ1v) is 7.35. The van der Waals surface area contributed by atoms with E-state index in [4.69, 9.17) is 4.42 Å². The summed E-state index contributed by atoms with van der Waals surface area (Å²) < 4.78 is 5.17. The maximum Gasteiger partial charge on any atom is 0.244 e. The summed E-state index contributed by atoms with van der Waals surface area (Å²) in [5.41, 5.74) is 0. The largest absolute Gasteiger partial charge is 0.467 e. The number of hydrogen-bond donors (Lipinski definition) is 1. The van der Waals surface area contributed by atoms with Crippen LogP contribution >= 0.6 is 11.8 Å². The average molecular weight is 280 g/mol. The van der Waals surface area contributed by atoms with Gasteiger partial charge in [-0.25, -0.2) is 0 Å². The number of carbonyl (C=O) groups excluding carboxylic acids is 2. The molecular weight excluding hydrogens is 264 g/mol. The molecule has 2 fully saturated rings. The Hall–Kier alpha value is -1.43. The number of furan rings is 1. The number of amides is 2. The molecule has 0 spiro atoms. The fraction of sp³-hybridized carbons (Fsp3) is 0.538. The minimum atomic E-state index is -0.347. The second kappa shape index (κ2) is 4.59. The lowest BCUT2D eigenvalue weighted by atomic mass is 10.2. The Morgan fingerprint density at radius 3 is 3.26 bits per heavy atom. The summed E-state index contributed by atoms with van der Waals surface area (Å²) in [6.45, 7) is 2.41. The third-order valence-corrected chi connectivity index (χ3v) is 5.27. The first kappa shape index (κ1) is 12.6. The van der Waals surface area contributed by atoms with Gasteiger partial charge in [0.15, 0.2) is 0 Å². The van der Waals surface area contributed by atoms with Crippen molar-refractivity contribution in [1.82, 2.24) is 10.2 Å². The van der Waals surface area contributed by atoms with Gasteiger partial charge >= 0.3 is 0 Å². The molecule has 2 aliphatic rings. The summed E-state index contributed by atoms with van der Waals surface area (Å²) in [5.74, 6) is 1.38. The quantitative estimate of drug-likeness (QED) is 0.908. The third kappa shape index (κ3) is 2.14. The molecule has 0 radical (unpaired) electrons. The molecule has 3 heterocycles. The van der Waals surface area contributed by atoms with Gasteiger partial charge in [-0.1, -0.05) is 0 Å². The SMILES string of the molecule is CC12CCC(=O)N1C(C(=O)NCc1ccco1)CS2. The summed E-state index contributed by atoms with van der Waals surface area (Å²) in [5, 5.41) is 2.84. The minimum Gasteiger partial charge on any atom is -0.467 e.